The van der Waals surface area contributed by atoms with Gasteiger partial charge in [0.25, 0.3) is 0 Å². The summed E-state index contributed by atoms with van der Waals surface area (Å²) in [6.45, 7) is 8.34. The molecule has 0 aromatic rings. The van der Waals surface area contributed by atoms with Gasteiger partial charge in [0.1, 0.15) is 0 Å². The van der Waals surface area contributed by atoms with Gasteiger partial charge in [-0.2, -0.15) is 0 Å². The van der Waals surface area contributed by atoms with E-state index in [4.69, 9.17) is 0 Å². The van der Waals surface area contributed by atoms with Gasteiger partial charge in [0, 0.05) is 19.6 Å². The normalized spacial score (nSPS) is 28.6. The molecule has 2 rings (SSSR count). The highest BCUT2D eigenvalue weighted by atomic mass is 35.5. The van der Waals surface area contributed by atoms with Crippen molar-refractivity contribution in [1.29, 1.82) is 0 Å². The number of carbonyl (C=O) groups excluding carboxylic acids is 1. The van der Waals surface area contributed by atoms with Gasteiger partial charge in [-0.3, -0.25) is 4.79 Å². The number of rotatable bonds is 1. The van der Waals surface area contributed by atoms with Crippen LogP contribution in [-0.4, -0.2) is 37.0 Å². The second-order valence-electron chi connectivity index (χ2n) is 5.72. The Kier molecular flexibility index (Phi) is 4.62. The fourth-order valence-corrected chi connectivity index (χ4v) is 2.74. The lowest BCUT2D eigenvalue weighted by Crippen LogP contribution is -2.46. The second-order valence-corrected chi connectivity index (χ2v) is 5.72. The highest BCUT2D eigenvalue weighted by molar-refractivity contribution is 5.85. The molecular formula is C12H23ClN2O. The Bertz CT molecular complexity index is 249. The summed E-state index contributed by atoms with van der Waals surface area (Å²) in [5.41, 5.74) is 0.319. The number of hydrogen-bond acceptors (Lipinski definition) is 2. The smallest absolute Gasteiger partial charge is 0.227 e. The molecule has 2 heterocycles. The minimum absolute atomic E-state index is 0. The van der Waals surface area contributed by atoms with E-state index < -0.39 is 0 Å². The van der Waals surface area contributed by atoms with Crippen molar-refractivity contribution in [3.05, 3.63) is 0 Å². The molecule has 94 valence electrons. The van der Waals surface area contributed by atoms with Gasteiger partial charge in [0.15, 0.2) is 0 Å². The number of likely N-dealkylation sites (tertiary alicyclic amines) is 1. The molecule has 0 radical (unpaired) electrons. The van der Waals surface area contributed by atoms with Crippen LogP contribution in [0, 0.1) is 11.3 Å². The van der Waals surface area contributed by atoms with E-state index in [9.17, 15) is 4.79 Å². The summed E-state index contributed by atoms with van der Waals surface area (Å²) in [6.07, 6.45) is 3.44. The largest absolute Gasteiger partial charge is 0.342 e. The predicted molar refractivity (Wildman–Crippen MR) is 67.8 cm³/mol. The SMILES string of the molecule is CC1(C)CCCN(C(=O)[C@@H]2CCNC2)C1.Cl. The summed E-state index contributed by atoms with van der Waals surface area (Å²) < 4.78 is 0. The molecule has 2 aliphatic heterocycles. The Morgan fingerprint density at radius 1 is 1.44 bits per heavy atom. The van der Waals surface area contributed by atoms with E-state index in [2.05, 4.69) is 24.1 Å². The Labute approximate surface area is 104 Å². The summed E-state index contributed by atoms with van der Waals surface area (Å²) in [7, 11) is 0. The van der Waals surface area contributed by atoms with Crippen molar-refractivity contribution in [1.82, 2.24) is 10.2 Å². The monoisotopic (exact) mass is 246 g/mol. The molecule has 0 spiro atoms. The first-order valence-electron chi connectivity index (χ1n) is 6.08. The summed E-state index contributed by atoms with van der Waals surface area (Å²) in [5.74, 6) is 0.631. The summed E-state index contributed by atoms with van der Waals surface area (Å²) in [6, 6.07) is 0. The Morgan fingerprint density at radius 3 is 2.75 bits per heavy atom. The highest BCUT2D eigenvalue weighted by Gasteiger charge is 2.33. The zero-order valence-electron chi connectivity index (χ0n) is 10.3. The molecule has 1 N–H and O–H groups in total. The number of amides is 1. The van der Waals surface area contributed by atoms with Crippen LogP contribution in [-0.2, 0) is 4.79 Å². The second kappa shape index (κ2) is 5.37. The number of nitrogens with zero attached hydrogens (tertiary/aromatic N) is 1. The number of carbonyl (C=O) groups is 1. The minimum Gasteiger partial charge on any atom is -0.342 e. The first-order chi connectivity index (χ1) is 7.08. The lowest BCUT2D eigenvalue weighted by molar-refractivity contribution is -0.138. The maximum Gasteiger partial charge on any atom is 0.227 e. The number of nitrogens with one attached hydrogen (secondary N) is 1. The van der Waals surface area contributed by atoms with Gasteiger partial charge in [0.05, 0.1) is 5.92 Å². The van der Waals surface area contributed by atoms with Crippen LogP contribution in [0.1, 0.15) is 33.1 Å². The first kappa shape index (κ1) is 13.8. The van der Waals surface area contributed by atoms with E-state index in [1.165, 1.54) is 12.8 Å². The third-order valence-electron chi connectivity index (χ3n) is 3.62. The van der Waals surface area contributed by atoms with Crippen LogP contribution in [0.5, 0.6) is 0 Å². The van der Waals surface area contributed by atoms with Crippen molar-refractivity contribution in [2.75, 3.05) is 26.2 Å². The molecule has 4 heteroatoms. The molecule has 2 aliphatic rings. The predicted octanol–water partition coefficient (Wildman–Crippen LogP) is 1.67. The van der Waals surface area contributed by atoms with E-state index in [0.29, 0.717) is 11.3 Å². The maximum absolute atomic E-state index is 12.2. The van der Waals surface area contributed by atoms with Gasteiger partial charge >= 0.3 is 0 Å². The quantitative estimate of drug-likeness (QED) is 0.764. The first-order valence-corrected chi connectivity index (χ1v) is 6.08. The van der Waals surface area contributed by atoms with Crippen LogP contribution < -0.4 is 5.32 Å². The Morgan fingerprint density at radius 2 is 2.19 bits per heavy atom. The molecule has 0 saturated carbocycles. The molecule has 1 atom stereocenters. The topological polar surface area (TPSA) is 32.3 Å². The fourth-order valence-electron chi connectivity index (χ4n) is 2.74. The molecule has 0 bridgehead atoms. The van der Waals surface area contributed by atoms with Gasteiger partial charge in [-0.15, -0.1) is 12.4 Å². The van der Waals surface area contributed by atoms with Crippen LogP contribution in [0.15, 0.2) is 0 Å². The Hall–Kier alpha value is -0.280. The molecule has 2 saturated heterocycles. The molecule has 16 heavy (non-hydrogen) atoms. The van der Waals surface area contributed by atoms with E-state index in [0.717, 1.165) is 32.6 Å². The molecule has 0 aromatic carbocycles. The van der Waals surface area contributed by atoms with Gasteiger partial charge in [-0.05, 0) is 31.2 Å². The van der Waals surface area contributed by atoms with Crippen molar-refractivity contribution in [2.45, 2.75) is 33.1 Å². The maximum atomic E-state index is 12.2. The van der Waals surface area contributed by atoms with Crippen molar-refractivity contribution in [3.63, 3.8) is 0 Å². The van der Waals surface area contributed by atoms with Crippen molar-refractivity contribution >= 4 is 18.3 Å². The average molecular weight is 247 g/mol. The zero-order chi connectivity index (χ0) is 10.9. The van der Waals surface area contributed by atoms with Crippen molar-refractivity contribution < 1.29 is 4.79 Å². The van der Waals surface area contributed by atoms with E-state index in [1.54, 1.807) is 0 Å². The van der Waals surface area contributed by atoms with Gasteiger partial charge in [0.2, 0.25) is 5.91 Å². The van der Waals surface area contributed by atoms with E-state index in [1.807, 2.05) is 0 Å². The zero-order valence-corrected chi connectivity index (χ0v) is 11.1. The lowest BCUT2D eigenvalue weighted by atomic mass is 9.83. The van der Waals surface area contributed by atoms with Gasteiger partial charge in [-0.1, -0.05) is 13.8 Å². The minimum atomic E-state index is 0. The molecule has 0 aromatic heterocycles. The van der Waals surface area contributed by atoms with E-state index in [-0.39, 0.29) is 18.3 Å². The average Bonchev–Trinajstić information content (AvgIpc) is 2.67. The number of hydrogen-bond donors (Lipinski definition) is 1. The summed E-state index contributed by atoms with van der Waals surface area (Å²) in [4.78, 5) is 14.3. The van der Waals surface area contributed by atoms with Crippen LogP contribution in [0.4, 0.5) is 0 Å². The lowest BCUT2D eigenvalue weighted by Gasteiger charge is -2.39. The molecule has 0 unspecified atom stereocenters. The van der Waals surface area contributed by atoms with Crippen molar-refractivity contribution in [2.24, 2.45) is 11.3 Å². The standard InChI is InChI=1S/C12H22N2O.ClH/c1-12(2)5-3-7-14(9-12)11(15)10-4-6-13-8-10;/h10,13H,3-9H2,1-2H3;1H/t10-;/m1./s1. The molecular weight excluding hydrogens is 224 g/mol. The van der Waals surface area contributed by atoms with Crippen LogP contribution in [0.25, 0.3) is 0 Å². The number of halogens is 1. The van der Waals surface area contributed by atoms with Crippen LogP contribution in [0.3, 0.4) is 0 Å². The Balaban J connectivity index is 0.00000128. The van der Waals surface area contributed by atoms with Gasteiger partial charge in [-0.25, -0.2) is 0 Å². The third kappa shape index (κ3) is 3.11. The molecule has 2 fully saturated rings. The van der Waals surface area contributed by atoms with Crippen LogP contribution in [0.2, 0.25) is 0 Å². The molecule has 1 amide bonds. The van der Waals surface area contributed by atoms with Gasteiger partial charge < -0.3 is 10.2 Å². The van der Waals surface area contributed by atoms with Crippen molar-refractivity contribution in [3.8, 4) is 0 Å². The highest BCUT2D eigenvalue weighted by Crippen LogP contribution is 2.29. The summed E-state index contributed by atoms with van der Waals surface area (Å²) in [5, 5.41) is 3.27. The summed E-state index contributed by atoms with van der Waals surface area (Å²) >= 11 is 0. The molecule has 0 aliphatic carbocycles. The van der Waals surface area contributed by atoms with E-state index >= 15 is 0 Å². The third-order valence-corrected chi connectivity index (χ3v) is 3.62. The fraction of sp³-hybridized carbons (Fsp3) is 0.917. The molecule has 3 nitrogen and oxygen atoms in total. The number of piperidine rings is 1. The van der Waals surface area contributed by atoms with Crippen LogP contribution >= 0.6 is 12.4 Å².